The van der Waals surface area contributed by atoms with Crippen molar-refractivity contribution in [2.45, 2.75) is 6.42 Å². The fourth-order valence-electron chi connectivity index (χ4n) is 3.51. The molecule has 1 amide bonds. The second kappa shape index (κ2) is 8.60. The summed E-state index contributed by atoms with van der Waals surface area (Å²) in [6.07, 6.45) is 3.68. The third kappa shape index (κ3) is 3.95. The third-order valence-electron chi connectivity index (χ3n) is 5.11. The first kappa shape index (κ1) is 19.9. The number of hydrogen-bond donors (Lipinski definition) is 1. The number of thiophene rings is 1. The maximum atomic E-state index is 12.5. The normalized spacial score (nSPS) is 11.4. The van der Waals surface area contributed by atoms with Crippen molar-refractivity contribution in [3.8, 4) is 16.3 Å². The van der Waals surface area contributed by atoms with Crippen molar-refractivity contribution in [1.82, 2.24) is 24.8 Å². The molecule has 3 aromatic heterocycles. The summed E-state index contributed by atoms with van der Waals surface area (Å²) in [6, 6.07) is 21.7. The summed E-state index contributed by atoms with van der Waals surface area (Å²) >= 11 is 1.61. The van der Waals surface area contributed by atoms with Gasteiger partial charge in [-0.05, 0) is 35.7 Å². The number of aromatic nitrogens is 4. The molecular formula is C24H20N6OS. The number of benzene rings is 2. The average molecular weight is 441 g/mol. The molecule has 0 fully saturated rings. The quantitative estimate of drug-likeness (QED) is 0.318. The lowest BCUT2D eigenvalue weighted by Gasteiger charge is -2.01. The molecule has 0 unspecified atom stereocenters. The summed E-state index contributed by atoms with van der Waals surface area (Å²) in [5.74, 6) is 0.461. The predicted octanol–water partition coefficient (Wildman–Crippen LogP) is 4.18. The molecule has 5 rings (SSSR count). The largest absolute Gasteiger partial charge is 0.331 e. The van der Waals surface area contributed by atoms with Gasteiger partial charge in [0.2, 0.25) is 5.91 Å². The molecule has 32 heavy (non-hydrogen) atoms. The van der Waals surface area contributed by atoms with E-state index >= 15 is 0 Å². The van der Waals surface area contributed by atoms with E-state index in [1.165, 1.54) is 0 Å². The Hall–Kier alpha value is -4.04. The van der Waals surface area contributed by atoms with E-state index in [0.717, 1.165) is 32.9 Å². The smallest absolute Gasteiger partial charge is 0.247 e. The Morgan fingerprint density at radius 1 is 1.09 bits per heavy atom. The lowest BCUT2D eigenvalue weighted by Crippen LogP contribution is -2.21. The Morgan fingerprint density at radius 3 is 2.69 bits per heavy atom. The molecule has 0 aliphatic rings. The number of para-hydroxylation sites is 3. The van der Waals surface area contributed by atoms with Gasteiger partial charge < -0.3 is 4.57 Å². The summed E-state index contributed by atoms with van der Waals surface area (Å²) in [4.78, 5) is 18.1. The number of nitrogens with zero attached hydrogens (tertiary/aromatic N) is 5. The average Bonchev–Trinajstić information content (AvgIpc) is 3.55. The van der Waals surface area contributed by atoms with Crippen molar-refractivity contribution in [3.05, 3.63) is 89.7 Å². The van der Waals surface area contributed by atoms with E-state index in [1.807, 2.05) is 94.6 Å². The van der Waals surface area contributed by atoms with Gasteiger partial charge in [0.1, 0.15) is 11.5 Å². The Bertz CT molecular complexity index is 1400. The number of nitrogens with one attached hydrogen (secondary N) is 1. The molecule has 8 heteroatoms. The molecule has 7 nitrogen and oxygen atoms in total. The number of fused-ring (bicyclic) bond motifs is 1. The van der Waals surface area contributed by atoms with E-state index in [9.17, 15) is 4.79 Å². The molecule has 3 heterocycles. The van der Waals surface area contributed by atoms with Crippen LogP contribution in [0.1, 0.15) is 11.4 Å². The van der Waals surface area contributed by atoms with Crippen LogP contribution in [0.15, 0.2) is 83.4 Å². The van der Waals surface area contributed by atoms with Crippen molar-refractivity contribution < 1.29 is 4.79 Å². The fourth-order valence-corrected chi connectivity index (χ4v) is 4.24. The summed E-state index contributed by atoms with van der Waals surface area (Å²) in [5.41, 5.74) is 7.07. The minimum absolute atomic E-state index is 0.142. The van der Waals surface area contributed by atoms with Crippen LogP contribution in [0.4, 0.5) is 0 Å². The number of carbonyl (C=O) groups is 1. The van der Waals surface area contributed by atoms with Crippen LogP contribution in [0.3, 0.4) is 0 Å². The molecule has 0 bridgehead atoms. The molecule has 0 aliphatic carbocycles. The molecule has 0 saturated heterocycles. The van der Waals surface area contributed by atoms with Crippen LogP contribution in [0.25, 0.3) is 27.3 Å². The first-order valence-electron chi connectivity index (χ1n) is 10.1. The third-order valence-corrected chi connectivity index (χ3v) is 5.99. The van der Waals surface area contributed by atoms with Crippen molar-refractivity contribution >= 4 is 34.5 Å². The van der Waals surface area contributed by atoms with Gasteiger partial charge in [-0.2, -0.15) is 10.2 Å². The zero-order valence-corrected chi connectivity index (χ0v) is 18.2. The highest BCUT2D eigenvalue weighted by atomic mass is 32.1. The van der Waals surface area contributed by atoms with Gasteiger partial charge in [0.05, 0.1) is 34.2 Å². The first-order chi connectivity index (χ1) is 15.7. The molecule has 1 N–H and O–H groups in total. The maximum absolute atomic E-state index is 12.5. The topological polar surface area (TPSA) is 77.1 Å². The molecule has 0 atom stereocenters. The van der Waals surface area contributed by atoms with Crippen LogP contribution >= 0.6 is 11.3 Å². The minimum Gasteiger partial charge on any atom is -0.331 e. The Balaban J connectivity index is 1.35. The molecule has 158 valence electrons. The van der Waals surface area contributed by atoms with Gasteiger partial charge in [0.15, 0.2) is 0 Å². The lowest BCUT2D eigenvalue weighted by molar-refractivity contribution is -0.120. The molecular weight excluding hydrogens is 420 g/mol. The van der Waals surface area contributed by atoms with Gasteiger partial charge in [0, 0.05) is 18.8 Å². The SMILES string of the molecule is Cn1c(CC(=O)NN=Cc2cn(-c3ccccc3)nc2-c2cccs2)nc2ccccc21. The van der Waals surface area contributed by atoms with Gasteiger partial charge >= 0.3 is 0 Å². The van der Waals surface area contributed by atoms with Crippen LogP contribution in [0, 0.1) is 0 Å². The van der Waals surface area contributed by atoms with Crippen LogP contribution in [0.2, 0.25) is 0 Å². The predicted molar refractivity (Wildman–Crippen MR) is 127 cm³/mol. The van der Waals surface area contributed by atoms with Crippen LogP contribution < -0.4 is 5.43 Å². The molecule has 0 spiro atoms. The highest BCUT2D eigenvalue weighted by Crippen LogP contribution is 2.26. The minimum atomic E-state index is -0.229. The van der Waals surface area contributed by atoms with Crippen LogP contribution in [-0.4, -0.2) is 31.5 Å². The summed E-state index contributed by atoms with van der Waals surface area (Å²) in [6.45, 7) is 0. The molecule has 0 saturated carbocycles. The number of hydrazone groups is 1. The lowest BCUT2D eigenvalue weighted by atomic mass is 10.2. The Morgan fingerprint density at radius 2 is 1.91 bits per heavy atom. The van der Waals surface area contributed by atoms with E-state index in [1.54, 1.807) is 17.6 Å². The second-order valence-electron chi connectivity index (χ2n) is 7.24. The molecule has 2 aromatic carbocycles. The van der Waals surface area contributed by atoms with E-state index in [4.69, 9.17) is 5.10 Å². The zero-order valence-electron chi connectivity index (χ0n) is 17.3. The number of imidazole rings is 1. The molecule has 0 radical (unpaired) electrons. The standard InChI is InChI=1S/C24H20N6OS/c1-29-20-11-6-5-10-19(20)26-22(29)14-23(31)27-25-15-17-16-30(18-8-3-2-4-9-18)28-24(17)21-12-7-13-32-21/h2-13,15-16H,14H2,1H3,(H,27,31). The summed E-state index contributed by atoms with van der Waals surface area (Å²) in [7, 11) is 1.91. The zero-order chi connectivity index (χ0) is 21.9. The molecule has 5 aromatic rings. The van der Waals surface area contributed by atoms with Crippen molar-refractivity contribution in [2.75, 3.05) is 0 Å². The first-order valence-corrected chi connectivity index (χ1v) is 11.0. The number of rotatable bonds is 6. The van der Waals surface area contributed by atoms with Gasteiger partial charge in [-0.15, -0.1) is 11.3 Å². The van der Waals surface area contributed by atoms with E-state index in [0.29, 0.717) is 5.82 Å². The number of aryl methyl sites for hydroxylation is 1. The van der Waals surface area contributed by atoms with Crippen LogP contribution in [0.5, 0.6) is 0 Å². The monoisotopic (exact) mass is 440 g/mol. The number of amides is 1. The van der Waals surface area contributed by atoms with Crippen molar-refractivity contribution in [3.63, 3.8) is 0 Å². The Labute approximate surface area is 188 Å². The second-order valence-corrected chi connectivity index (χ2v) is 8.18. The highest BCUT2D eigenvalue weighted by Gasteiger charge is 2.13. The Kier molecular flexibility index (Phi) is 5.35. The summed E-state index contributed by atoms with van der Waals surface area (Å²) in [5, 5.41) is 10.9. The molecule has 0 aliphatic heterocycles. The number of hydrogen-bond acceptors (Lipinski definition) is 5. The number of carbonyl (C=O) groups excluding carboxylic acids is 1. The van der Waals surface area contributed by atoms with Gasteiger partial charge in [0.25, 0.3) is 0 Å². The van der Waals surface area contributed by atoms with Gasteiger partial charge in [-0.25, -0.2) is 15.1 Å². The highest BCUT2D eigenvalue weighted by molar-refractivity contribution is 7.13. The summed E-state index contributed by atoms with van der Waals surface area (Å²) < 4.78 is 3.75. The van der Waals surface area contributed by atoms with Crippen molar-refractivity contribution in [2.24, 2.45) is 12.1 Å². The van der Waals surface area contributed by atoms with E-state index < -0.39 is 0 Å². The van der Waals surface area contributed by atoms with Crippen molar-refractivity contribution in [1.29, 1.82) is 0 Å². The van der Waals surface area contributed by atoms with E-state index in [2.05, 4.69) is 15.5 Å². The van der Waals surface area contributed by atoms with E-state index in [-0.39, 0.29) is 12.3 Å². The maximum Gasteiger partial charge on any atom is 0.247 e. The van der Waals surface area contributed by atoms with Gasteiger partial charge in [-0.3, -0.25) is 4.79 Å². The van der Waals surface area contributed by atoms with Gasteiger partial charge in [-0.1, -0.05) is 36.4 Å². The van der Waals surface area contributed by atoms with Crippen LogP contribution in [-0.2, 0) is 18.3 Å². The fraction of sp³-hybridized carbons (Fsp3) is 0.0833.